The topological polar surface area (TPSA) is 65.9 Å². The van der Waals surface area contributed by atoms with E-state index in [1.165, 1.54) is 5.39 Å². The number of aromatic nitrogens is 1. The van der Waals surface area contributed by atoms with Crippen molar-refractivity contribution in [3.63, 3.8) is 0 Å². The van der Waals surface area contributed by atoms with Crippen LogP contribution in [-0.2, 0) is 0 Å². The smallest absolute Gasteiger partial charge is 0.138 e. The Morgan fingerprint density at radius 3 is 2.37 bits per heavy atom. The lowest BCUT2D eigenvalue weighted by molar-refractivity contribution is 0.904. The molecule has 1 aliphatic rings. The average Bonchev–Trinajstić information content (AvgIpc) is 3.00. The van der Waals surface area contributed by atoms with Gasteiger partial charge >= 0.3 is 0 Å². The normalized spacial score (nSPS) is 14.1. The Morgan fingerprint density at radius 1 is 0.895 bits per heavy atom. The molecule has 5 N–H and O–H groups in total. The van der Waals surface area contributed by atoms with E-state index >= 15 is 0 Å². The molecule has 94 valence electrons. The molecular formula is C15H14N4. The van der Waals surface area contributed by atoms with E-state index in [2.05, 4.69) is 33.8 Å². The van der Waals surface area contributed by atoms with Crippen molar-refractivity contribution in [3.8, 4) is 0 Å². The third-order valence-electron chi connectivity index (χ3n) is 3.51. The van der Waals surface area contributed by atoms with Crippen LogP contribution in [0.1, 0.15) is 11.9 Å². The highest BCUT2D eigenvalue weighted by atomic mass is 15.2. The van der Waals surface area contributed by atoms with Crippen molar-refractivity contribution in [3.05, 3.63) is 54.2 Å². The molecule has 2 heterocycles. The first-order valence-electron chi connectivity index (χ1n) is 6.30. The molecule has 0 spiro atoms. The number of fused-ring (bicyclic) bond motifs is 2. The molecule has 0 radical (unpaired) electrons. The van der Waals surface area contributed by atoms with Gasteiger partial charge in [0.15, 0.2) is 0 Å². The Balaban J connectivity index is 1.73. The van der Waals surface area contributed by atoms with Crippen molar-refractivity contribution in [1.29, 1.82) is 0 Å². The van der Waals surface area contributed by atoms with E-state index in [-0.39, 0.29) is 6.17 Å². The number of nitrogen functional groups attached to an aromatic ring is 1. The lowest BCUT2D eigenvalue weighted by Crippen LogP contribution is -2.12. The zero-order chi connectivity index (χ0) is 12.8. The molecular weight excluding hydrogens is 236 g/mol. The standard InChI is InChI=1S/C15H14N4/c16-10-6-5-9-7-14(17-13(9)8-10)15-18-11-3-1-2-4-12(11)19-15/h1-8,15,17-19H,16H2. The van der Waals surface area contributed by atoms with Crippen LogP contribution in [0.5, 0.6) is 0 Å². The van der Waals surface area contributed by atoms with Gasteiger partial charge in [-0.25, -0.2) is 0 Å². The highest BCUT2D eigenvalue weighted by Gasteiger charge is 2.21. The Bertz CT molecular complexity index is 735. The number of rotatable bonds is 1. The number of hydrogen-bond donors (Lipinski definition) is 4. The van der Waals surface area contributed by atoms with E-state index in [1.54, 1.807) is 0 Å². The Morgan fingerprint density at radius 2 is 1.63 bits per heavy atom. The van der Waals surface area contributed by atoms with E-state index in [0.717, 1.165) is 28.3 Å². The first kappa shape index (κ1) is 10.3. The summed E-state index contributed by atoms with van der Waals surface area (Å²) in [7, 11) is 0. The molecule has 0 saturated heterocycles. The number of para-hydroxylation sites is 2. The monoisotopic (exact) mass is 250 g/mol. The molecule has 19 heavy (non-hydrogen) atoms. The van der Waals surface area contributed by atoms with Crippen molar-refractivity contribution in [2.24, 2.45) is 0 Å². The van der Waals surface area contributed by atoms with E-state index < -0.39 is 0 Å². The van der Waals surface area contributed by atoms with Gasteiger partial charge in [0.05, 0.1) is 17.1 Å². The Hall–Kier alpha value is -2.62. The van der Waals surface area contributed by atoms with E-state index in [4.69, 9.17) is 5.73 Å². The second-order valence-electron chi connectivity index (χ2n) is 4.84. The lowest BCUT2D eigenvalue weighted by atomic mass is 10.2. The number of H-pyrrole nitrogens is 1. The lowest BCUT2D eigenvalue weighted by Gasteiger charge is -2.09. The van der Waals surface area contributed by atoms with Gasteiger partial charge in [-0.05, 0) is 35.7 Å². The van der Waals surface area contributed by atoms with E-state index in [9.17, 15) is 0 Å². The van der Waals surface area contributed by atoms with Crippen molar-refractivity contribution in [1.82, 2.24) is 4.98 Å². The largest absolute Gasteiger partial charge is 0.399 e. The number of benzene rings is 2. The summed E-state index contributed by atoms with van der Waals surface area (Å²) in [5.74, 6) is 0. The molecule has 0 saturated carbocycles. The predicted octanol–water partition coefficient (Wildman–Crippen LogP) is 3.29. The van der Waals surface area contributed by atoms with Crippen LogP contribution in [0.25, 0.3) is 10.9 Å². The Labute approximate surface area is 110 Å². The molecule has 4 rings (SSSR count). The van der Waals surface area contributed by atoms with E-state index in [1.807, 2.05) is 30.3 Å². The van der Waals surface area contributed by atoms with Gasteiger partial charge in [-0.3, -0.25) is 0 Å². The highest BCUT2D eigenvalue weighted by molar-refractivity contribution is 5.84. The van der Waals surface area contributed by atoms with Crippen molar-refractivity contribution >= 4 is 28.0 Å². The number of aromatic amines is 1. The molecule has 0 aliphatic carbocycles. The third-order valence-corrected chi connectivity index (χ3v) is 3.51. The second kappa shape index (κ2) is 3.68. The van der Waals surface area contributed by atoms with E-state index in [0.29, 0.717) is 0 Å². The molecule has 4 nitrogen and oxygen atoms in total. The molecule has 1 aromatic heterocycles. The number of anilines is 3. The highest BCUT2D eigenvalue weighted by Crippen LogP contribution is 2.35. The number of nitrogens with two attached hydrogens (primary N) is 1. The minimum absolute atomic E-state index is 0.0750. The third kappa shape index (κ3) is 1.61. The van der Waals surface area contributed by atoms with Crippen molar-refractivity contribution < 1.29 is 0 Å². The SMILES string of the molecule is Nc1ccc2cc(C3Nc4ccccc4N3)[nH]c2c1. The molecule has 0 amide bonds. The van der Waals surface area contributed by atoms with Gasteiger partial charge < -0.3 is 21.4 Å². The average molecular weight is 250 g/mol. The molecule has 1 aliphatic heterocycles. The number of nitrogens with one attached hydrogen (secondary N) is 3. The fourth-order valence-electron chi connectivity index (χ4n) is 2.56. The van der Waals surface area contributed by atoms with Gasteiger partial charge in [-0.2, -0.15) is 0 Å². The summed E-state index contributed by atoms with van der Waals surface area (Å²) in [4.78, 5) is 3.41. The summed E-state index contributed by atoms with van der Waals surface area (Å²) in [6.45, 7) is 0. The van der Waals surface area contributed by atoms with Crippen LogP contribution in [0, 0.1) is 0 Å². The van der Waals surface area contributed by atoms with Crippen LogP contribution in [0.4, 0.5) is 17.1 Å². The maximum absolute atomic E-state index is 5.80. The van der Waals surface area contributed by atoms with Gasteiger partial charge in [-0.15, -0.1) is 0 Å². The predicted molar refractivity (Wildman–Crippen MR) is 79.1 cm³/mol. The van der Waals surface area contributed by atoms with Gasteiger partial charge in [-0.1, -0.05) is 18.2 Å². The zero-order valence-corrected chi connectivity index (χ0v) is 10.3. The molecule has 0 unspecified atom stereocenters. The minimum atomic E-state index is 0.0750. The van der Waals surface area contributed by atoms with Crippen LogP contribution in [0.15, 0.2) is 48.5 Å². The Kier molecular flexibility index (Phi) is 2.00. The second-order valence-corrected chi connectivity index (χ2v) is 4.84. The summed E-state index contributed by atoms with van der Waals surface area (Å²) >= 11 is 0. The maximum atomic E-state index is 5.80. The van der Waals surface area contributed by atoms with Crippen LogP contribution in [0.3, 0.4) is 0 Å². The molecule has 0 atom stereocenters. The summed E-state index contributed by atoms with van der Waals surface area (Å²) in [6, 6.07) is 16.3. The quantitative estimate of drug-likeness (QED) is 0.501. The van der Waals surface area contributed by atoms with Crippen LogP contribution >= 0.6 is 0 Å². The van der Waals surface area contributed by atoms with Crippen molar-refractivity contribution in [2.75, 3.05) is 16.4 Å². The summed E-state index contributed by atoms with van der Waals surface area (Å²) < 4.78 is 0. The van der Waals surface area contributed by atoms with Crippen molar-refractivity contribution in [2.45, 2.75) is 6.17 Å². The number of hydrogen-bond acceptors (Lipinski definition) is 3. The van der Waals surface area contributed by atoms with Gasteiger partial charge in [0.2, 0.25) is 0 Å². The molecule has 2 aromatic carbocycles. The minimum Gasteiger partial charge on any atom is -0.399 e. The summed E-state index contributed by atoms with van der Waals surface area (Å²) in [5.41, 5.74) is 11.0. The first-order valence-corrected chi connectivity index (χ1v) is 6.30. The molecule has 0 bridgehead atoms. The molecule has 4 heteroatoms. The molecule has 0 fully saturated rings. The van der Waals surface area contributed by atoms with Gasteiger partial charge in [0.1, 0.15) is 6.17 Å². The summed E-state index contributed by atoms with van der Waals surface area (Å²) in [6.07, 6.45) is 0.0750. The zero-order valence-electron chi connectivity index (χ0n) is 10.3. The molecule has 3 aromatic rings. The van der Waals surface area contributed by atoms with Crippen LogP contribution in [0.2, 0.25) is 0 Å². The van der Waals surface area contributed by atoms with Crippen LogP contribution < -0.4 is 16.4 Å². The summed E-state index contributed by atoms with van der Waals surface area (Å²) in [5, 5.41) is 8.08. The van der Waals surface area contributed by atoms with Crippen LogP contribution in [-0.4, -0.2) is 4.98 Å². The maximum Gasteiger partial charge on any atom is 0.138 e. The fraction of sp³-hybridized carbons (Fsp3) is 0.0667. The first-order chi connectivity index (χ1) is 9.29. The van der Waals surface area contributed by atoms with Gasteiger partial charge in [0, 0.05) is 11.2 Å². The van der Waals surface area contributed by atoms with Gasteiger partial charge in [0.25, 0.3) is 0 Å². The fourth-order valence-corrected chi connectivity index (χ4v) is 2.56.